The summed E-state index contributed by atoms with van der Waals surface area (Å²) >= 11 is 0. The molecule has 2 N–H and O–H groups in total. The largest absolute Gasteiger partial charge is 0.355 e. The molecule has 32 heavy (non-hydrogen) atoms. The summed E-state index contributed by atoms with van der Waals surface area (Å²) in [4.78, 5) is 5.13. The molecule has 1 saturated heterocycles. The van der Waals surface area contributed by atoms with Crippen LogP contribution in [0.1, 0.15) is 53.5 Å². The number of aryl methyl sites for hydroxylation is 3. The zero-order valence-corrected chi connectivity index (χ0v) is 19.4. The highest BCUT2D eigenvalue weighted by molar-refractivity contribution is 5.92. The highest BCUT2D eigenvalue weighted by Gasteiger charge is 2.21. The monoisotopic (exact) mass is 432 g/mol. The third-order valence-electron chi connectivity index (χ3n) is 6.89. The number of benzene rings is 2. The molecule has 0 atom stereocenters. The molecular formula is C27H33FN4. The van der Waals surface area contributed by atoms with Crippen molar-refractivity contribution in [3.05, 3.63) is 64.0 Å². The number of aromatic nitrogens is 2. The van der Waals surface area contributed by atoms with Gasteiger partial charge >= 0.3 is 0 Å². The van der Waals surface area contributed by atoms with Crippen LogP contribution >= 0.6 is 0 Å². The number of hydrogen-bond acceptors (Lipinski definition) is 3. The van der Waals surface area contributed by atoms with Gasteiger partial charge in [0.1, 0.15) is 5.82 Å². The maximum Gasteiger partial charge on any atom is 0.204 e. The Labute approximate surface area is 189 Å². The molecule has 0 spiro atoms. The van der Waals surface area contributed by atoms with Crippen molar-refractivity contribution >= 4 is 22.6 Å². The molecule has 1 aliphatic carbocycles. The van der Waals surface area contributed by atoms with Gasteiger partial charge in [-0.1, -0.05) is 18.2 Å². The van der Waals surface area contributed by atoms with E-state index in [0.717, 1.165) is 55.0 Å². The van der Waals surface area contributed by atoms with Crippen LogP contribution in [-0.4, -0.2) is 29.2 Å². The first kappa shape index (κ1) is 21.2. The van der Waals surface area contributed by atoms with Crippen molar-refractivity contribution < 1.29 is 4.39 Å². The van der Waals surface area contributed by atoms with Crippen LogP contribution in [-0.2, 0) is 6.54 Å². The number of imidazole rings is 1. The molecule has 2 aromatic carbocycles. The van der Waals surface area contributed by atoms with Crippen LogP contribution in [0, 0.1) is 32.5 Å². The number of allylic oxidation sites excluding steroid dienone is 2. The Morgan fingerprint density at radius 1 is 1.09 bits per heavy atom. The number of anilines is 1. The number of halogens is 1. The normalized spacial score (nSPS) is 16.8. The van der Waals surface area contributed by atoms with Crippen molar-refractivity contribution in [1.29, 1.82) is 0 Å². The lowest BCUT2D eigenvalue weighted by Crippen LogP contribution is -2.45. The zero-order chi connectivity index (χ0) is 22.2. The van der Waals surface area contributed by atoms with Crippen LogP contribution in [0.15, 0.2) is 30.3 Å². The fourth-order valence-corrected chi connectivity index (χ4v) is 5.02. The molecule has 0 amide bonds. The van der Waals surface area contributed by atoms with Gasteiger partial charge in [0, 0.05) is 31.1 Å². The molecule has 168 valence electrons. The van der Waals surface area contributed by atoms with E-state index in [4.69, 9.17) is 4.98 Å². The maximum absolute atomic E-state index is 14.2. The van der Waals surface area contributed by atoms with Crippen LogP contribution in [0.3, 0.4) is 0 Å². The van der Waals surface area contributed by atoms with E-state index in [-0.39, 0.29) is 5.82 Å². The summed E-state index contributed by atoms with van der Waals surface area (Å²) in [6.07, 6.45) is 7.20. The number of nitrogens with zero attached hydrogens (tertiary/aromatic N) is 2. The highest BCUT2D eigenvalue weighted by atomic mass is 19.1. The molecule has 5 heteroatoms. The first-order chi connectivity index (χ1) is 15.5. The molecule has 1 aromatic heterocycles. The molecule has 3 aromatic rings. The first-order valence-corrected chi connectivity index (χ1v) is 11.9. The van der Waals surface area contributed by atoms with Gasteiger partial charge in [0.15, 0.2) is 0 Å². The Kier molecular flexibility index (Phi) is 5.76. The van der Waals surface area contributed by atoms with Gasteiger partial charge in [-0.2, -0.15) is 0 Å². The van der Waals surface area contributed by atoms with Gasteiger partial charge in [-0.05, 0) is 86.4 Å². The van der Waals surface area contributed by atoms with E-state index in [1.165, 1.54) is 29.5 Å². The number of fused-ring (bicyclic) bond motifs is 1. The molecule has 2 heterocycles. The van der Waals surface area contributed by atoms with E-state index in [0.29, 0.717) is 23.6 Å². The predicted octanol–water partition coefficient (Wildman–Crippen LogP) is 5.74. The molecule has 1 fully saturated rings. The van der Waals surface area contributed by atoms with Gasteiger partial charge in [-0.25, -0.2) is 9.37 Å². The number of nitrogens with one attached hydrogen (secondary N) is 2. The van der Waals surface area contributed by atoms with Gasteiger partial charge < -0.3 is 15.2 Å². The fraction of sp³-hybridized carbons (Fsp3) is 0.444. The summed E-state index contributed by atoms with van der Waals surface area (Å²) in [6, 6.07) is 8.47. The lowest BCUT2D eigenvalue weighted by atomic mass is 9.92. The van der Waals surface area contributed by atoms with Gasteiger partial charge in [0.2, 0.25) is 5.95 Å². The van der Waals surface area contributed by atoms with E-state index >= 15 is 0 Å². The van der Waals surface area contributed by atoms with Crippen LogP contribution in [0.2, 0.25) is 0 Å². The lowest BCUT2D eigenvalue weighted by molar-refractivity contribution is 0.364. The van der Waals surface area contributed by atoms with Crippen molar-refractivity contribution in [3.8, 4) is 0 Å². The van der Waals surface area contributed by atoms with E-state index in [9.17, 15) is 4.39 Å². The predicted molar refractivity (Wildman–Crippen MR) is 131 cm³/mol. The molecule has 2 aliphatic rings. The Morgan fingerprint density at radius 3 is 2.53 bits per heavy atom. The highest BCUT2D eigenvalue weighted by Crippen LogP contribution is 2.34. The minimum absolute atomic E-state index is 0.109. The minimum atomic E-state index is -0.109. The van der Waals surface area contributed by atoms with Gasteiger partial charge in [0.25, 0.3) is 0 Å². The van der Waals surface area contributed by atoms with Crippen LogP contribution in [0.5, 0.6) is 0 Å². The van der Waals surface area contributed by atoms with Crippen molar-refractivity contribution in [2.24, 2.45) is 5.92 Å². The van der Waals surface area contributed by atoms with Crippen LogP contribution < -0.4 is 10.6 Å². The molecule has 5 rings (SSSR count). The fourth-order valence-electron chi connectivity index (χ4n) is 5.02. The third-order valence-corrected chi connectivity index (χ3v) is 6.89. The lowest BCUT2D eigenvalue weighted by Gasteiger charge is -2.27. The summed E-state index contributed by atoms with van der Waals surface area (Å²) in [6.45, 7) is 9.56. The Balaban J connectivity index is 1.61. The second-order valence-corrected chi connectivity index (χ2v) is 9.63. The molecule has 0 saturated carbocycles. The Hall–Kier alpha value is -2.66. The smallest absolute Gasteiger partial charge is 0.204 e. The second kappa shape index (κ2) is 8.70. The summed E-state index contributed by atoms with van der Waals surface area (Å²) in [5.74, 6) is 1.44. The standard InChI is InChI=1S/C27H33FN4/c1-17-9-23(22-7-5-4-6-8-22)26-24(10-17)32(27(31-26)30-15-21-13-29-14-21)16-20-11-18(2)25(28)19(3)12-20/h7,9-12,21,29H,4-6,8,13-16H2,1-3H3,(H,30,31). The molecule has 1 aliphatic heterocycles. The van der Waals surface area contributed by atoms with Gasteiger partial charge in [-0.3, -0.25) is 0 Å². The SMILES string of the molecule is Cc1cc(C2=CCCCC2)c2nc(NCC3CNC3)n(Cc3cc(C)c(F)c(C)c3)c2c1. The Morgan fingerprint density at radius 2 is 1.88 bits per heavy atom. The molecule has 4 nitrogen and oxygen atoms in total. The summed E-state index contributed by atoms with van der Waals surface area (Å²) in [5, 5.41) is 6.98. The summed E-state index contributed by atoms with van der Waals surface area (Å²) in [7, 11) is 0. The maximum atomic E-state index is 14.2. The van der Waals surface area contributed by atoms with E-state index in [1.807, 2.05) is 26.0 Å². The van der Waals surface area contributed by atoms with Crippen molar-refractivity contribution in [1.82, 2.24) is 14.9 Å². The average Bonchev–Trinajstić information content (AvgIpc) is 3.08. The molecule has 0 unspecified atom stereocenters. The van der Waals surface area contributed by atoms with Crippen molar-refractivity contribution in [2.45, 2.75) is 53.0 Å². The summed E-state index contributed by atoms with van der Waals surface area (Å²) in [5.41, 5.74) is 8.69. The minimum Gasteiger partial charge on any atom is -0.355 e. The van der Waals surface area contributed by atoms with E-state index in [2.05, 4.69) is 40.3 Å². The topological polar surface area (TPSA) is 41.9 Å². The van der Waals surface area contributed by atoms with E-state index in [1.54, 1.807) is 0 Å². The van der Waals surface area contributed by atoms with Gasteiger partial charge in [-0.15, -0.1) is 0 Å². The number of rotatable bonds is 6. The van der Waals surface area contributed by atoms with Crippen molar-refractivity contribution in [3.63, 3.8) is 0 Å². The van der Waals surface area contributed by atoms with Gasteiger partial charge in [0.05, 0.1) is 17.6 Å². The average molecular weight is 433 g/mol. The van der Waals surface area contributed by atoms with Crippen LogP contribution in [0.4, 0.5) is 10.3 Å². The molecule has 0 radical (unpaired) electrons. The quantitative estimate of drug-likeness (QED) is 0.522. The van der Waals surface area contributed by atoms with E-state index < -0.39 is 0 Å². The van der Waals surface area contributed by atoms with Crippen LogP contribution in [0.25, 0.3) is 16.6 Å². The molecular weight excluding hydrogens is 399 g/mol. The second-order valence-electron chi connectivity index (χ2n) is 9.63. The Bertz CT molecular complexity index is 1160. The zero-order valence-electron chi connectivity index (χ0n) is 19.4. The molecule has 0 bridgehead atoms. The van der Waals surface area contributed by atoms with Crippen molar-refractivity contribution in [2.75, 3.05) is 25.0 Å². The first-order valence-electron chi connectivity index (χ1n) is 11.9. The third kappa shape index (κ3) is 4.06. The number of hydrogen-bond donors (Lipinski definition) is 2. The summed E-state index contributed by atoms with van der Waals surface area (Å²) < 4.78 is 16.5.